The van der Waals surface area contributed by atoms with Crippen LogP contribution in [0.4, 0.5) is 5.13 Å². The molecule has 3 rings (SSSR count). The van der Waals surface area contributed by atoms with Crippen LogP contribution in [0.3, 0.4) is 0 Å². The van der Waals surface area contributed by atoms with Crippen LogP contribution >= 0.6 is 11.3 Å². The molecule has 1 unspecified atom stereocenters. The maximum atomic E-state index is 12.3. The third-order valence-electron chi connectivity index (χ3n) is 4.25. The van der Waals surface area contributed by atoms with Crippen LogP contribution in [0.1, 0.15) is 29.5 Å². The lowest BCUT2D eigenvalue weighted by molar-refractivity contribution is -0.115. The molecule has 0 radical (unpaired) electrons. The Morgan fingerprint density at radius 1 is 1.33 bits per heavy atom. The van der Waals surface area contributed by atoms with Crippen molar-refractivity contribution in [2.75, 3.05) is 19.5 Å². The summed E-state index contributed by atoms with van der Waals surface area (Å²) in [4.78, 5) is 18.2. The summed E-state index contributed by atoms with van der Waals surface area (Å²) in [5, 5.41) is 3.63. The largest absolute Gasteiger partial charge is 0.493 e. The second kappa shape index (κ2) is 7.21. The quantitative estimate of drug-likeness (QED) is 0.900. The van der Waals surface area contributed by atoms with E-state index in [-0.39, 0.29) is 12.3 Å². The number of amides is 1. The molecule has 24 heavy (non-hydrogen) atoms. The van der Waals surface area contributed by atoms with Crippen LogP contribution in [0.15, 0.2) is 18.2 Å². The van der Waals surface area contributed by atoms with Crippen molar-refractivity contribution in [2.24, 2.45) is 5.92 Å². The lowest BCUT2D eigenvalue weighted by Crippen LogP contribution is -2.14. The molecule has 1 atom stereocenters. The molecule has 2 aromatic rings. The number of rotatable bonds is 5. The van der Waals surface area contributed by atoms with E-state index in [0.29, 0.717) is 22.5 Å². The topological polar surface area (TPSA) is 60.5 Å². The van der Waals surface area contributed by atoms with E-state index in [1.807, 2.05) is 18.2 Å². The number of fused-ring (bicyclic) bond motifs is 1. The first-order valence-electron chi connectivity index (χ1n) is 8.08. The summed E-state index contributed by atoms with van der Waals surface area (Å²) in [7, 11) is 3.18. The van der Waals surface area contributed by atoms with Crippen LogP contribution in [-0.4, -0.2) is 25.1 Å². The average Bonchev–Trinajstić information content (AvgIpc) is 2.95. The molecule has 6 heteroatoms. The van der Waals surface area contributed by atoms with Crippen molar-refractivity contribution in [3.05, 3.63) is 34.3 Å². The van der Waals surface area contributed by atoms with E-state index < -0.39 is 0 Å². The number of aromatic nitrogens is 1. The Hall–Kier alpha value is -2.08. The van der Waals surface area contributed by atoms with E-state index in [1.165, 1.54) is 11.3 Å². The normalized spacial score (nSPS) is 16.4. The standard InChI is InChI=1S/C18H22N2O3S/c1-11-4-6-13-16(8-11)24-18(19-13)20-17(21)10-12-5-7-14(22-2)15(9-12)23-3/h5,7,9,11H,4,6,8,10H2,1-3H3,(H,19,20,21). The van der Waals surface area contributed by atoms with E-state index in [0.717, 1.165) is 24.1 Å². The molecule has 0 fully saturated rings. The molecule has 0 spiro atoms. The minimum atomic E-state index is -0.0682. The number of aryl methyl sites for hydroxylation is 1. The molecule has 128 valence electrons. The number of hydrogen-bond acceptors (Lipinski definition) is 5. The minimum absolute atomic E-state index is 0.0682. The van der Waals surface area contributed by atoms with Gasteiger partial charge in [-0.3, -0.25) is 4.79 Å². The zero-order chi connectivity index (χ0) is 17.1. The Kier molecular flexibility index (Phi) is 5.04. The summed E-state index contributed by atoms with van der Waals surface area (Å²) in [6, 6.07) is 5.51. The summed E-state index contributed by atoms with van der Waals surface area (Å²) in [5.41, 5.74) is 2.03. The number of nitrogens with zero attached hydrogens (tertiary/aromatic N) is 1. The van der Waals surface area contributed by atoms with E-state index in [9.17, 15) is 4.79 Å². The number of carbonyl (C=O) groups excluding carboxylic acids is 1. The van der Waals surface area contributed by atoms with Gasteiger partial charge in [-0.05, 0) is 42.9 Å². The van der Waals surface area contributed by atoms with Crippen molar-refractivity contribution in [1.29, 1.82) is 0 Å². The van der Waals surface area contributed by atoms with Gasteiger partial charge in [0.2, 0.25) is 5.91 Å². The summed E-state index contributed by atoms with van der Waals surface area (Å²) in [6.45, 7) is 2.26. The van der Waals surface area contributed by atoms with Crippen molar-refractivity contribution in [3.8, 4) is 11.5 Å². The second-order valence-electron chi connectivity index (χ2n) is 6.15. The van der Waals surface area contributed by atoms with Gasteiger partial charge < -0.3 is 14.8 Å². The first-order valence-corrected chi connectivity index (χ1v) is 8.90. The number of methoxy groups -OCH3 is 2. The SMILES string of the molecule is COc1ccc(CC(=O)Nc2nc3c(s2)CC(C)CC3)cc1OC. The zero-order valence-electron chi connectivity index (χ0n) is 14.2. The van der Waals surface area contributed by atoms with Crippen molar-refractivity contribution in [2.45, 2.75) is 32.6 Å². The van der Waals surface area contributed by atoms with E-state index in [1.54, 1.807) is 25.6 Å². The smallest absolute Gasteiger partial charge is 0.230 e. The first kappa shape index (κ1) is 16.8. The van der Waals surface area contributed by atoms with Crippen LogP contribution in [0, 0.1) is 5.92 Å². The van der Waals surface area contributed by atoms with Crippen molar-refractivity contribution in [3.63, 3.8) is 0 Å². The minimum Gasteiger partial charge on any atom is -0.493 e. The third kappa shape index (κ3) is 3.70. The fourth-order valence-electron chi connectivity index (χ4n) is 2.93. The molecular formula is C18H22N2O3S. The molecule has 0 saturated carbocycles. The van der Waals surface area contributed by atoms with Gasteiger partial charge in [0.1, 0.15) is 0 Å². The average molecular weight is 346 g/mol. The third-order valence-corrected chi connectivity index (χ3v) is 5.28. The fourth-order valence-corrected chi connectivity index (χ4v) is 4.12. The predicted molar refractivity (Wildman–Crippen MR) is 95.2 cm³/mol. The zero-order valence-corrected chi connectivity index (χ0v) is 15.0. The van der Waals surface area contributed by atoms with E-state index in [4.69, 9.17) is 9.47 Å². The van der Waals surface area contributed by atoms with Crippen molar-refractivity contribution < 1.29 is 14.3 Å². The number of anilines is 1. The molecule has 0 saturated heterocycles. The summed E-state index contributed by atoms with van der Waals surface area (Å²) in [6.07, 6.45) is 3.54. The highest BCUT2D eigenvalue weighted by Gasteiger charge is 2.20. The van der Waals surface area contributed by atoms with E-state index in [2.05, 4.69) is 17.2 Å². The van der Waals surface area contributed by atoms with Gasteiger partial charge in [0.05, 0.1) is 26.3 Å². The second-order valence-corrected chi connectivity index (χ2v) is 7.23. The number of carbonyl (C=O) groups is 1. The van der Waals surface area contributed by atoms with Crippen LogP contribution in [0.2, 0.25) is 0 Å². The molecule has 1 aliphatic rings. The molecule has 1 aromatic carbocycles. The van der Waals surface area contributed by atoms with E-state index >= 15 is 0 Å². The first-order chi connectivity index (χ1) is 11.6. The Labute approximate surface area is 146 Å². The lowest BCUT2D eigenvalue weighted by Gasteiger charge is -2.15. The van der Waals surface area contributed by atoms with Crippen molar-refractivity contribution >= 4 is 22.4 Å². The Balaban J connectivity index is 1.66. The lowest BCUT2D eigenvalue weighted by atomic mass is 9.93. The molecular weight excluding hydrogens is 324 g/mol. The van der Waals surface area contributed by atoms with Gasteiger partial charge in [-0.2, -0.15) is 0 Å². The predicted octanol–water partition coefficient (Wildman–Crippen LogP) is 3.47. The molecule has 1 amide bonds. The van der Waals surface area contributed by atoms with Gasteiger partial charge in [0, 0.05) is 4.88 Å². The molecule has 1 aromatic heterocycles. The molecule has 1 heterocycles. The van der Waals surface area contributed by atoms with Crippen LogP contribution in [0.5, 0.6) is 11.5 Å². The van der Waals surface area contributed by atoms with Crippen molar-refractivity contribution in [1.82, 2.24) is 4.98 Å². The highest BCUT2D eigenvalue weighted by Crippen LogP contribution is 2.32. The van der Waals surface area contributed by atoms with Gasteiger partial charge in [-0.15, -0.1) is 11.3 Å². The Morgan fingerprint density at radius 2 is 2.12 bits per heavy atom. The monoisotopic (exact) mass is 346 g/mol. The Morgan fingerprint density at radius 3 is 2.88 bits per heavy atom. The molecule has 0 bridgehead atoms. The number of nitrogens with one attached hydrogen (secondary N) is 1. The molecule has 1 N–H and O–H groups in total. The fraction of sp³-hybridized carbons (Fsp3) is 0.444. The summed E-state index contributed by atoms with van der Waals surface area (Å²) >= 11 is 1.60. The number of ether oxygens (including phenoxy) is 2. The maximum Gasteiger partial charge on any atom is 0.230 e. The molecule has 0 aliphatic heterocycles. The molecule has 5 nitrogen and oxygen atoms in total. The van der Waals surface area contributed by atoms with Gasteiger partial charge in [0.15, 0.2) is 16.6 Å². The summed E-state index contributed by atoms with van der Waals surface area (Å²) < 4.78 is 10.5. The van der Waals surface area contributed by atoms with Gasteiger partial charge in [0.25, 0.3) is 0 Å². The maximum absolute atomic E-state index is 12.3. The van der Waals surface area contributed by atoms with Crippen LogP contribution in [-0.2, 0) is 24.1 Å². The molecule has 1 aliphatic carbocycles. The number of thiazole rings is 1. The van der Waals surface area contributed by atoms with Crippen LogP contribution in [0.25, 0.3) is 0 Å². The highest BCUT2D eigenvalue weighted by molar-refractivity contribution is 7.15. The van der Waals surface area contributed by atoms with Gasteiger partial charge in [-0.25, -0.2) is 4.98 Å². The summed E-state index contributed by atoms with van der Waals surface area (Å²) in [5.74, 6) is 1.92. The van der Waals surface area contributed by atoms with Gasteiger partial charge in [-0.1, -0.05) is 13.0 Å². The number of benzene rings is 1. The number of hydrogen-bond donors (Lipinski definition) is 1. The van der Waals surface area contributed by atoms with Crippen LogP contribution < -0.4 is 14.8 Å². The van der Waals surface area contributed by atoms with Gasteiger partial charge >= 0.3 is 0 Å². The Bertz CT molecular complexity index is 742. The highest BCUT2D eigenvalue weighted by atomic mass is 32.1.